The van der Waals surface area contributed by atoms with Crippen LogP contribution in [0.4, 0.5) is 0 Å². The zero-order valence-electron chi connectivity index (χ0n) is 39.0. The van der Waals surface area contributed by atoms with Crippen LogP contribution in [0, 0.1) is 11.8 Å². The van der Waals surface area contributed by atoms with E-state index in [-0.39, 0.29) is 31.1 Å². The lowest BCUT2D eigenvalue weighted by Gasteiger charge is -2.18. The smallest absolute Gasteiger partial charge is 0.306 e. The number of carbonyl (C=O) groups is 3. The zero-order valence-corrected chi connectivity index (χ0v) is 39.0. The van der Waals surface area contributed by atoms with Crippen molar-refractivity contribution in [3.8, 4) is 0 Å². The van der Waals surface area contributed by atoms with Crippen LogP contribution in [0.25, 0.3) is 0 Å². The molecule has 2 atom stereocenters. The summed E-state index contributed by atoms with van der Waals surface area (Å²) in [6, 6.07) is 0. The number of hydrogen-bond acceptors (Lipinski definition) is 6. The first-order valence-corrected chi connectivity index (χ1v) is 25.3. The van der Waals surface area contributed by atoms with Crippen LogP contribution in [-0.2, 0) is 28.6 Å². The Morgan fingerprint density at radius 1 is 0.368 bits per heavy atom. The lowest BCUT2D eigenvalue weighted by molar-refractivity contribution is -0.167. The van der Waals surface area contributed by atoms with E-state index < -0.39 is 6.10 Å². The van der Waals surface area contributed by atoms with E-state index in [1.807, 2.05) is 0 Å². The highest BCUT2D eigenvalue weighted by atomic mass is 16.6. The van der Waals surface area contributed by atoms with E-state index in [9.17, 15) is 14.4 Å². The van der Waals surface area contributed by atoms with Crippen LogP contribution in [0.1, 0.15) is 279 Å². The van der Waals surface area contributed by atoms with Crippen molar-refractivity contribution in [1.29, 1.82) is 0 Å². The Morgan fingerprint density at radius 2 is 0.667 bits per heavy atom. The van der Waals surface area contributed by atoms with Crippen molar-refractivity contribution in [1.82, 2.24) is 0 Å². The van der Waals surface area contributed by atoms with Gasteiger partial charge in [-0.1, -0.05) is 240 Å². The van der Waals surface area contributed by atoms with E-state index in [2.05, 4.69) is 34.6 Å². The molecule has 0 radical (unpaired) electrons. The summed E-state index contributed by atoms with van der Waals surface area (Å²) in [4.78, 5) is 37.6. The van der Waals surface area contributed by atoms with Crippen LogP contribution in [0.15, 0.2) is 0 Å². The number of hydrogen-bond donors (Lipinski definition) is 0. The molecule has 6 heteroatoms. The van der Waals surface area contributed by atoms with E-state index in [0.717, 1.165) is 76.0 Å². The molecular weight excluding hydrogens is 709 g/mol. The minimum Gasteiger partial charge on any atom is -0.462 e. The van der Waals surface area contributed by atoms with Crippen molar-refractivity contribution in [3.63, 3.8) is 0 Å². The molecule has 0 aromatic heterocycles. The number of esters is 3. The van der Waals surface area contributed by atoms with Gasteiger partial charge < -0.3 is 14.2 Å². The highest BCUT2D eigenvalue weighted by Gasteiger charge is 2.19. The van der Waals surface area contributed by atoms with Gasteiger partial charge in [0, 0.05) is 19.3 Å². The molecule has 0 aromatic carbocycles. The second-order valence-electron chi connectivity index (χ2n) is 18.2. The zero-order chi connectivity index (χ0) is 41.9. The van der Waals surface area contributed by atoms with Gasteiger partial charge in [-0.05, 0) is 31.1 Å². The van der Waals surface area contributed by atoms with Gasteiger partial charge in [-0.2, -0.15) is 0 Å². The van der Waals surface area contributed by atoms with Gasteiger partial charge >= 0.3 is 17.9 Å². The molecule has 338 valence electrons. The summed E-state index contributed by atoms with van der Waals surface area (Å²) in [5.74, 6) is 0.870. The summed E-state index contributed by atoms with van der Waals surface area (Å²) in [7, 11) is 0. The highest BCUT2D eigenvalue weighted by Crippen LogP contribution is 2.18. The third-order valence-corrected chi connectivity index (χ3v) is 11.8. The van der Waals surface area contributed by atoms with Crippen LogP contribution < -0.4 is 0 Å². The summed E-state index contributed by atoms with van der Waals surface area (Å²) < 4.78 is 16.7. The van der Waals surface area contributed by atoms with Gasteiger partial charge in [0.1, 0.15) is 13.2 Å². The van der Waals surface area contributed by atoms with Gasteiger partial charge in [-0.25, -0.2) is 0 Å². The molecule has 0 aromatic rings. The van der Waals surface area contributed by atoms with Crippen molar-refractivity contribution < 1.29 is 28.6 Å². The molecule has 0 saturated heterocycles. The fourth-order valence-electron chi connectivity index (χ4n) is 7.60. The summed E-state index contributed by atoms with van der Waals surface area (Å²) in [5, 5.41) is 0. The molecule has 0 aliphatic heterocycles. The number of carbonyl (C=O) groups excluding carboxylic acids is 3. The van der Waals surface area contributed by atoms with E-state index in [0.29, 0.717) is 19.3 Å². The lowest BCUT2D eigenvalue weighted by atomic mass is 9.99. The van der Waals surface area contributed by atoms with Gasteiger partial charge in [-0.15, -0.1) is 0 Å². The topological polar surface area (TPSA) is 78.9 Å². The molecule has 57 heavy (non-hydrogen) atoms. The average molecular weight is 807 g/mol. The second-order valence-corrected chi connectivity index (χ2v) is 18.2. The molecule has 0 spiro atoms. The Morgan fingerprint density at radius 3 is 1.00 bits per heavy atom. The predicted molar refractivity (Wildman–Crippen MR) is 243 cm³/mol. The third-order valence-electron chi connectivity index (χ3n) is 11.8. The molecule has 0 heterocycles. The van der Waals surface area contributed by atoms with E-state index in [4.69, 9.17) is 14.2 Å². The van der Waals surface area contributed by atoms with Crippen LogP contribution in [0.2, 0.25) is 0 Å². The molecule has 0 aliphatic carbocycles. The normalized spacial score (nSPS) is 12.5. The van der Waals surface area contributed by atoms with Gasteiger partial charge in [-0.3, -0.25) is 14.4 Å². The summed E-state index contributed by atoms with van der Waals surface area (Å²) in [5.41, 5.74) is 0. The first-order valence-electron chi connectivity index (χ1n) is 25.3. The largest absolute Gasteiger partial charge is 0.462 e. The number of rotatable bonds is 45. The maximum Gasteiger partial charge on any atom is 0.306 e. The molecule has 0 fully saturated rings. The fourth-order valence-corrected chi connectivity index (χ4v) is 7.60. The van der Waals surface area contributed by atoms with Crippen molar-refractivity contribution in [2.24, 2.45) is 11.8 Å². The van der Waals surface area contributed by atoms with E-state index in [1.165, 1.54) is 161 Å². The fraction of sp³-hybridized carbons (Fsp3) is 0.941. The Bertz CT molecular complexity index is 872. The van der Waals surface area contributed by atoms with Crippen LogP contribution in [-0.4, -0.2) is 37.2 Å². The number of unbranched alkanes of at least 4 members (excludes halogenated alkanes) is 29. The maximum absolute atomic E-state index is 12.7. The Labute approximate surface area is 355 Å². The van der Waals surface area contributed by atoms with Crippen LogP contribution in [0.3, 0.4) is 0 Å². The first kappa shape index (κ1) is 55.4. The first-order chi connectivity index (χ1) is 27.8. The van der Waals surface area contributed by atoms with E-state index >= 15 is 0 Å². The van der Waals surface area contributed by atoms with Gasteiger partial charge in [0.2, 0.25) is 0 Å². The van der Waals surface area contributed by atoms with Gasteiger partial charge in [0.25, 0.3) is 0 Å². The second kappa shape index (κ2) is 44.0. The Hall–Kier alpha value is -1.59. The molecule has 0 saturated carbocycles. The van der Waals surface area contributed by atoms with Crippen molar-refractivity contribution in [2.45, 2.75) is 285 Å². The average Bonchev–Trinajstić information content (AvgIpc) is 3.19. The van der Waals surface area contributed by atoms with Crippen molar-refractivity contribution in [3.05, 3.63) is 0 Å². The number of ether oxygens (including phenoxy) is 3. The molecule has 0 rings (SSSR count). The van der Waals surface area contributed by atoms with Gasteiger partial charge in [0.15, 0.2) is 6.10 Å². The maximum atomic E-state index is 12.7. The monoisotopic (exact) mass is 807 g/mol. The Kier molecular flexibility index (Phi) is 42.7. The molecule has 0 amide bonds. The molecule has 0 aliphatic rings. The van der Waals surface area contributed by atoms with Crippen molar-refractivity contribution in [2.75, 3.05) is 13.2 Å². The summed E-state index contributed by atoms with van der Waals surface area (Å²) in [6.07, 6.45) is 44.0. The molecule has 0 bridgehead atoms. The SMILES string of the molecule is CCCCCCCC(=O)OC[C@@H](COC(=O)CCCCCCCCCCCCCCCCC(C)CC)OC(=O)CCCCCCCCCCCCCCCC(C)C. The molecule has 0 N–H and O–H groups in total. The third kappa shape index (κ3) is 43.8. The lowest BCUT2D eigenvalue weighted by Crippen LogP contribution is -2.30. The highest BCUT2D eigenvalue weighted by molar-refractivity contribution is 5.71. The summed E-state index contributed by atoms with van der Waals surface area (Å²) >= 11 is 0. The summed E-state index contributed by atoms with van der Waals surface area (Å²) in [6.45, 7) is 11.3. The molecular formula is C51H98O6. The quantitative estimate of drug-likeness (QED) is 0.0346. The van der Waals surface area contributed by atoms with Crippen molar-refractivity contribution >= 4 is 17.9 Å². The van der Waals surface area contributed by atoms with E-state index in [1.54, 1.807) is 0 Å². The standard InChI is InChI=1S/C51H98O6/c1-6-8-9-29-36-41-49(52)55-44-48(57-51(54)43-38-33-28-24-20-16-12-13-17-21-25-30-34-39-46(3)4)45-56-50(53)42-37-32-27-23-19-15-11-10-14-18-22-26-31-35-40-47(5)7-2/h46-48H,6-45H2,1-5H3/t47?,48-/m0/s1. The predicted octanol–water partition coefficient (Wildman–Crippen LogP) is 16.1. The van der Waals surface area contributed by atoms with Crippen LogP contribution >= 0.6 is 0 Å². The van der Waals surface area contributed by atoms with Gasteiger partial charge in [0.05, 0.1) is 0 Å². The minimum absolute atomic E-state index is 0.0648. The molecule has 6 nitrogen and oxygen atoms in total. The van der Waals surface area contributed by atoms with Crippen LogP contribution in [0.5, 0.6) is 0 Å². The Balaban J connectivity index is 4.12. The minimum atomic E-state index is -0.759. The molecule has 1 unspecified atom stereocenters.